The van der Waals surface area contributed by atoms with Crippen LogP contribution >= 0.6 is 0 Å². The zero-order valence-electron chi connectivity index (χ0n) is 52.5. The van der Waals surface area contributed by atoms with Crippen molar-refractivity contribution in [2.24, 2.45) is 0 Å². The Hall–Kier alpha value is -2.11. The lowest BCUT2D eigenvalue weighted by atomic mass is 10.2. The second-order valence-electron chi connectivity index (χ2n) is 21.8. The lowest BCUT2D eigenvalue weighted by molar-refractivity contribution is -0.358. The van der Waals surface area contributed by atoms with E-state index >= 15 is 0 Å². The van der Waals surface area contributed by atoms with E-state index in [-0.39, 0.29) is 5.60 Å². The molecular weight excluding hydrogens is 940 g/mol. The normalized spacial score (nSPS) is 16.1. The van der Waals surface area contributed by atoms with E-state index in [1.165, 1.54) is 54.4 Å². The van der Waals surface area contributed by atoms with E-state index in [1.54, 1.807) is 104 Å². The number of aliphatic carboxylic acids is 1. The first-order chi connectivity index (χ1) is 32.1. The summed E-state index contributed by atoms with van der Waals surface area (Å²) in [5.41, 5.74) is -5.56. The molecule has 0 heterocycles. The zero-order valence-corrected chi connectivity index (χ0v) is 44.5. The Kier molecular flexibility index (Phi) is 30.6. The predicted octanol–water partition coefficient (Wildman–Crippen LogP) is 15.9. The van der Waals surface area contributed by atoms with E-state index in [4.69, 9.17) is 25.5 Å². The number of rotatable bonds is 7. The van der Waals surface area contributed by atoms with Gasteiger partial charge in [-0.3, -0.25) is 4.74 Å². The summed E-state index contributed by atoms with van der Waals surface area (Å²) in [6.45, 7) is 29.8. The molecule has 1 aliphatic rings. The lowest BCUT2D eigenvalue weighted by Crippen LogP contribution is -2.39. The maximum Gasteiger partial charge on any atom is 0.523 e. The molecule has 22 heteroatoms. The average molecular weight is 1040 g/mol. The molecule has 0 aromatic rings. The minimum absolute atomic E-state index is 0.0845. The minimum Gasteiger partial charge on any atom is -0.490 e. The predicted molar refractivity (Wildman–Crippen MR) is 242 cm³/mol. The summed E-state index contributed by atoms with van der Waals surface area (Å²) < 4.78 is 229. The molecule has 0 atom stereocenters. The van der Waals surface area contributed by atoms with Gasteiger partial charge < -0.3 is 38.3 Å². The third-order valence-electron chi connectivity index (χ3n) is 4.43. The highest BCUT2D eigenvalue weighted by molar-refractivity contribution is 5.73. The molecule has 0 aromatic carbocycles. The van der Waals surface area contributed by atoms with Crippen LogP contribution in [0.5, 0.6) is 0 Å². The van der Waals surface area contributed by atoms with Crippen molar-refractivity contribution < 1.29 is 111 Å². The number of carboxylic acids is 1. The number of halogens is 12. The van der Waals surface area contributed by atoms with Crippen molar-refractivity contribution in [2.45, 2.75) is 262 Å². The summed E-state index contributed by atoms with van der Waals surface area (Å²) in [6, 6.07) is 0. The molecule has 1 N–H and O–H groups in total. The van der Waals surface area contributed by atoms with Crippen molar-refractivity contribution in [3.8, 4) is 0 Å². The molecule has 0 saturated heterocycles. The number of hydrogen-bond donors (Lipinski definition) is 1. The van der Waals surface area contributed by atoms with Crippen LogP contribution < -0.4 is 0 Å². The first kappa shape index (κ1) is 62.0. The van der Waals surface area contributed by atoms with Crippen molar-refractivity contribution in [3.63, 3.8) is 0 Å². The van der Waals surface area contributed by atoms with Gasteiger partial charge in [0.2, 0.25) is 0 Å². The Morgan fingerprint density at radius 2 is 1.00 bits per heavy atom. The molecule has 0 aromatic heterocycles. The van der Waals surface area contributed by atoms with Crippen LogP contribution in [0.4, 0.5) is 52.7 Å². The molecule has 68 heavy (non-hydrogen) atoms. The fourth-order valence-electron chi connectivity index (χ4n) is 2.40. The molecule has 10 nitrogen and oxygen atoms in total. The Morgan fingerprint density at radius 1 is 0.603 bits per heavy atom. The molecule has 0 spiro atoms. The van der Waals surface area contributed by atoms with Crippen LogP contribution in [0.2, 0.25) is 0 Å². The van der Waals surface area contributed by atoms with Crippen molar-refractivity contribution in [2.75, 3.05) is 20.2 Å². The van der Waals surface area contributed by atoms with Crippen molar-refractivity contribution in [1.82, 2.24) is 0 Å². The number of hydrogen-bond acceptors (Lipinski definition) is 9. The summed E-state index contributed by atoms with van der Waals surface area (Å²) >= 11 is 0. The van der Waals surface area contributed by atoms with Gasteiger partial charge in [0.25, 0.3) is 0 Å². The largest absolute Gasteiger partial charge is 0.523 e. The van der Waals surface area contributed by atoms with Gasteiger partial charge >= 0.3 is 37.3 Å². The van der Waals surface area contributed by atoms with E-state index in [2.05, 4.69) is 49.2 Å². The molecule has 0 bridgehead atoms. The molecule has 1 saturated carbocycles. The standard InChI is InChI=1S/C7H14O.C6H11F3O.C6H10F2O3.C6H10F2O.C6H14O.C5H9F3O.C5H10F2O.C5H12O/c1-7(2,3)8-6-4-5-6;1-5(2,3)10-4-6(7,8)9;1-5(2,3)11-6(7,8)4(9)10;1-6(2,3)9-4-5(7)8;1-5-7-6(2,3)4;1-4(2,3)9-5(6,7)8;1-5(2,3)8-4(6)7;1-5(2,3)6-4/h6H,4-5H2,1-3H3;4H2,1-3H3;1-3H3,(H,9,10);4H,1-3H3;5H2,1-4H3;1-3H3;4H,1-3H3;1-4H3/i;;;;1D3,5D2;;;4D3. The highest BCUT2D eigenvalue weighted by Crippen LogP contribution is 2.28. The number of carboxylic acid groups (broad SMARTS) is 1. The topological polar surface area (TPSA) is 111 Å². The van der Waals surface area contributed by atoms with E-state index in [9.17, 15) is 57.5 Å². The minimum atomic E-state index is -4.52. The van der Waals surface area contributed by atoms with Gasteiger partial charge in [-0.2, -0.15) is 39.5 Å². The van der Waals surface area contributed by atoms with Crippen LogP contribution in [0, 0.1) is 0 Å². The second kappa shape index (κ2) is 33.5. The van der Waals surface area contributed by atoms with Gasteiger partial charge in [0, 0.05) is 17.7 Å². The van der Waals surface area contributed by atoms with Crippen LogP contribution in [0.1, 0.15) is 197 Å². The summed E-state index contributed by atoms with van der Waals surface area (Å²) in [7, 11) is -2.27. The number of carbonyl (C=O) groups is 1. The van der Waals surface area contributed by atoms with E-state index < -0.39 is 104 Å². The average Bonchev–Trinajstić information content (AvgIpc) is 3.79. The smallest absolute Gasteiger partial charge is 0.490 e. The van der Waals surface area contributed by atoms with Gasteiger partial charge in [0.05, 0.1) is 52.2 Å². The van der Waals surface area contributed by atoms with E-state index in [0.29, 0.717) is 12.4 Å². The van der Waals surface area contributed by atoms with E-state index in [0.717, 1.165) is 0 Å². The molecule has 0 aliphatic heterocycles. The van der Waals surface area contributed by atoms with Crippen LogP contribution in [0.25, 0.3) is 0 Å². The van der Waals surface area contributed by atoms with Crippen LogP contribution in [0.15, 0.2) is 12.3 Å². The Balaban J connectivity index is -0.000000144. The van der Waals surface area contributed by atoms with Crippen LogP contribution in [-0.4, -0.2) is 107 Å². The molecule has 1 aliphatic carbocycles. The van der Waals surface area contributed by atoms with Gasteiger partial charge in [0.15, 0.2) is 0 Å². The first-order valence-electron chi connectivity index (χ1n) is 24.7. The summed E-state index contributed by atoms with van der Waals surface area (Å²) in [4.78, 5) is 9.82. The molecule has 418 valence electrons. The Bertz CT molecular complexity index is 1470. The number of methoxy groups -OCH3 is 1. The quantitative estimate of drug-likeness (QED) is 0.195. The number of alkyl halides is 10. The van der Waals surface area contributed by atoms with Crippen LogP contribution in [0.3, 0.4) is 0 Å². The fraction of sp³-hybridized carbons (Fsp3) is 0.935. The third-order valence-corrected chi connectivity index (χ3v) is 4.43. The van der Waals surface area contributed by atoms with Crippen molar-refractivity contribution in [3.05, 3.63) is 12.3 Å². The molecule has 0 amide bonds. The Labute approximate surface area is 412 Å². The summed E-state index contributed by atoms with van der Waals surface area (Å²) in [5.74, 6) is -2.27. The molecule has 1 rings (SSSR count). The number of ether oxygens (including phenoxy) is 8. The van der Waals surface area contributed by atoms with Gasteiger partial charge in [-0.25, -0.2) is 4.79 Å². The van der Waals surface area contributed by atoms with Gasteiger partial charge in [-0.15, -0.1) is 13.2 Å². The molecule has 0 radical (unpaired) electrons. The Morgan fingerprint density at radius 3 is 1.07 bits per heavy atom. The monoisotopic (exact) mass is 1040 g/mol. The summed E-state index contributed by atoms with van der Waals surface area (Å²) in [6.07, 6.45) is -11.0. The molecule has 0 unspecified atom stereocenters. The maximum atomic E-state index is 12.2. The van der Waals surface area contributed by atoms with Gasteiger partial charge in [0.1, 0.15) is 18.5 Å². The fourth-order valence-corrected chi connectivity index (χ4v) is 2.40. The highest BCUT2D eigenvalue weighted by atomic mass is 19.4. The van der Waals surface area contributed by atoms with Gasteiger partial charge in [-0.05, 0) is 186 Å². The molecular formula is C46H90F12O10. The first-order valence-corrected chi connectivity index (χ1v) is 20.7. The van der Waals surface area contributed by atoms with Crippen LogP contribution in [-0.2, 0) is 42.7 Å². The van der Waals surface area contributed by atoms with Crippen molar-refractivity contribution in [1.29, 1.82) is 0 Å². The second-order valence-corrected chi connectivity index (χ2v) is 21.8. The highest BCUT2D eigenvalue weighted by Gasteiger charge is 2.44. The lowest BCUT2D eigenvalue weighted by Gasteiger charge is -2.23. The maximum absolute atomic E-state index is 12.2. The third kappa shape index (κ3) is 106. The zero-order chi connectivity index (χ0) is 63.8. The summed E-state index contributed by atoms with van der Waals surface area (Å²) in [5, 5.41) is 7.93. The van der Waals surface area contributed by atoms with Crippen molar-refractivity contribution >= 4 is 5.97 Å². The SMILES string of the molecule is CC(C)(C)OC(F)(F)C(=O)O.CC(C)(C)OC(F)(F)F.CC(C)(C)OC(F)F.CC(C)(C)OC1CC1.CC(C)(C)OC=C(F)F.CC(C)(C)OCC(F)(F)F.[2H]C([2H])([2H])C([2H])([2H])OC(C)(C)C.[2H]C([2H])([2H])OC(C)(C)C. The molecule has 1 fully saturated rings. The van der Waals surface area contributed by atoms with E-state index in [1.807, 2.05) is 0 Å². The van der Waals surface area contributed by atoms with Gasteiger partial charge in [-0.1, -0.05) is 0 Å².